The zero-order valence-corrected chi connectivity index (χ0v) is 46.2. The molecule has 1 aliphatic rings. The molecule has 6 aromatic rings. The molecule has 0 fully saturated rings. The number of aromatic hydroxyl groups is 1. The maximum Gasteiger partial charge on any atom is 1.00 e. The molecule has 0 spiro atoms. The average molecular weight is 1190 g/mol. The Morgan fingerprint density at radius 2 is 1.46 bits per heavy atom. The molecule has 0 saturated carbocycles. The van der Waals surface area contributed by atoms with Gasteiger partial charge in [-0.1, -0.05) is 65.8 Å². The molecule has 386 valence electrons. The predicted molar refractivity (Wildman–Crippen MR) is 262 cm³/mol. The largest absolute Gasteiger partial charge is 1.00 e. The summed E-state index contributed by atoms with van der Waals surface area (Å²) < 4.78 is 106. The summed E-state index contributed by atoms with van der Waals surface area (Å²) in [6.45, 7) is 5.04. The average Bonchev–Trinajstić information content (AvgIpc) is 3.91. The van der Waals surface area contributed by atoms with E-state index < -0.39 is 82.2 Å². The molecule has 1 aliphatic heterocycles. The van der Waals surface area contributed by atoms with E-state index in [1.165, 1.54) is 46.2 Å². The van der Waals surface area contributed by atoms with Crippen molar-refractivity contribution in [1.29, 1.82) is 0 Å². The van der Waals surface area contributed by atoms with Crippen LogP contribution >= 0.6 is 22.6 Å². The molecule has 74 heavy (non-hydrogen) atoms. The fourth-order valence-electron chi connectivity index (χ4n) is 6.76. The number of oxime groups is 1. The molecule has 3 heterocycles. The SMILES string of the molecule is CCOC(=O)C1=NOC(c2ccccc2)(c2ccccc2)C1.COC(=O)c1ccc(I)cc1S(=O)(=O)[N-]C(=O)Nc1nc(C)nc(OC)n1.Cc1nn(C)c(O)c1C(=O)c1ccc(C(F)(F)F)cc1S(C)(=O)=O.[Na+]. The Morgan fingerprint density at radius 1 is 0.865 bits per heavy atom. The summed E-state index contributed by atoms with van der Waals surface area (Å²) in [6, 6.07) is 24.1. The van der Waals surface area contributed by atoms with Gasteiger partial charge >= 0.3 is 53.7 Å². The quantitative estimate of drug-likeness (QED) is 0.0750. The summed E-state index contributed by atoms with van der Waals surface area (Å²) in [5.74, 6) is -2.72. The van der Waals surface area contributed by atoms with Crippen LogP contribution in [0.1, 0.15) is 67.8 Å². The Hall–Kier alpha value is -6.53. The summed E-state index contributed by atoms with van der Waals surface area (Å²) in [7, 11) is -4.83. The standard InChI is InChI=1S/C18H17NO3.C14H13F3N2O4S.C14H14IN5O6S.Na/c1-2-21-17(20)16-13-18(22-19-16,14-9-5-3-6-10-14)15-11-7-4-8-12-15;1-7-11(13(21)19(2)18-7)12(20)9-5-4-8(14(15,16)17)6-10(9)24(3,22)23;1-7-16-12(19-14(17-7)26-3)18-13(22)20-27(23,24)10-6-8(15)4-5-9(10)11(21)25-2;/h3-12H,2,13H2,1H3;4-6,21H,1-3H3;4-6H,1-3H3,(H2,16,17,18,19,20,22);/q;;;+1/p-1. The van der Waals surface area contributed by atoms with E-state index >= 15 is 0 Å². The van der Waals surface area contributed by atoms with Crippen molar-refractivity contribution in [3.05, 3.63) is 150 Å². The fourth-order valence-corrected chi connectivity index (χ4v) is 9.43. The number of benzene rings is 4. The second kappa shape index (κ2) is 25.1. The Bertz CT molecular complexity index is 3280. The van der Waals surface area contributed by atoms with Crippen LogP contribution in [-0.4, -0.2) is 103 Å². The Morgan fingerprint density at radius 3 is 1.97 bits per heavy atom. The number of anilines is 1. The first-order chi connectivity index (χ1) is 34.3. The number of urea groups is 1. The summed E-state index contributed by atoms with van der Waals surface area (Å²) in [5, 5.41) is 19.8. The Labute approximate surface area is 457 Å². The van der Waals surface area contributed by atoms with Gasteiger partial charge in [0.2, 0.25) is 21.7 Å². The minimum absolute atomic E-state index is 0. The first kappa shape index (κ1) is 60.0. The second-order valence-corrected chi connectivity index (χ2v) is 19.9. The summed E-state index contributed by atoms with van der Waals surface area (Å²) in [5.41, 5.74) is -0.565. The number of amides is 2. The molecule has 2 N–H and O–H groups in total. The van der Waals surface area contributed by atoms with Gasteiger partial charge in [-0.2, -0.15) is 28.2 Å². The molecule has 21 nitrogen and oxygen atoms in total. The van der Waals surface area contributed by atoms with Crippen LogP contribution in [0.5, 0.6) is 11.9 Å². The molecule has 2 amide bonds. The first-order valence-corrected chi connectivity index (χ1v) is 25.3. The van der Waals surface area contributed by atoms with Gasteiger partial charge in [-0.25, -0.2) is 36.1 Å². The number of rotatable bonds is 12. The van der Waals surface area contributed by atoms with Crippen molar-refractivity contribution >= 4 is 77.9 Å². The zero-order chi connectivity index (χ0) is 54.1. The van der Waals surface area contributed by atoms with Crippen molar-refractivity contribution in [2.24, 2.45) is 12.2 Å². The molecule has 0 saturated heterocycles. The summed E-state index contributed by atoms with van der Waals surface area (Å²) in [4.78, 5) is 64.4. The molecule has 0 atom stereocenters. The normalized spacial score (nSPS) is 12.7. The van der Waals surface area contributed by atoms with Crippen LogP contribution in [0.3, 0.4) is 0 Å². The number of hydrogen-bond donors (Lipinski definition) is 2. The van der Waals surface area contributed by atoms with Gasteiger partial charge in [0.15, 0.2) is 33.1 Å². The van der Waals surface area contributed by atoms with Gasteiger partial charge < -0.3 is 34.2 Å². The number of nitrogens with one attached hydrogen (secondary N) is 1. The molecular formula is C46H43F3IN8NaO13S2. The zero-order valence-electron chi connectivity index (χ0n) is 40.5. The number of carbonyl (C=O) groups is 4. The molecule has 0 bridgehead atoms. The molecule has 0 radical (unpaired) electrons. The number of methoxy groups -OCH3 is 2. The van der Waals surface area contributed by atoms with Gasteiger partial charge in [-0.3, -0.25) is 9.59 Å². The number of sulfone groups is 1. The third-order valence-electron chi connectivity index (χ3n) is 10.0. The maximum absolute atomic E-state index is 12.8. The van der Waals surface area contributed by atoms with E-state index in [9.17, 15) is 54.3 Å². The number of sulfonamides is 1. The topological polar surface area (TPSA) is 289 Å². The van der Waals surface area contributed by atoms with Crippen LogP contribution in [-0.2, 0) is 57.8 Å². The van der Waals surface area contributed by atoms with Crippen molar-refractivity contribution in [3.63, 3.8) is 0 Å². The number of carbonyl (C=O) groups excluding carboxylic acids is 4. The molecule has 0 aliphatic carbocycles. The van der Waals surface area contributed by atoms with Gasteiger partial charge in [0, 0.05) is 33.6 Å². The predicted octanol–water partition coefficient (Wildman–Crippen LogP) is 4.24. The second-order valence-electron chi connectivity index (χ2n) is 15.1. The number of aryl methyl sites for hydroxylation is 3. The molecule has 28 heteroatoms. The number of nitrogens with zero attached hydrogens (tertiary/aromatic N) is 7. The Kier molecular flexibility index (Phi) is 20.4. The maximum atomic E-state index is 12.8. The van der Waals surface area contributed by atoms with Crippen LogP contribution in [0.4, 0.5) is 23.9 Å². The van der Waals surface area contributed by atoms with Gasteiger partial charge in [-0.05, 0) is 79.8 Å². The van der Waals surface area contributed by atoms with E-state index in [4.69, 9.17) is 14.3 Å². The minimum Gasteiger partial charge on any atom is -0.493 e. The monoisotopic (exact) mass is 1190 g/mol. The third kappa shape index (κ3) is 14.6. The first-order valence-electron chi connectivity index (χ1n) is 20.9. The van der Waals surface area contributed by atoms with E-state index in [0.29, 0.717) is 40.7 Å². The van der Waals surface area contributed by atoms with E-state index in [1.807, 2.05) is 83.3 Å². The molecule has 2 aromatic heterocycles. The van der Waals surface area contributed by atoms with Crippen molar-refractivity contribution in [3.8, 4) is 11.9 Å². The van der Waals surface area contributed by atoms with Gasteiger partial charge in [0.1, 0.15) is 11.4 Å². The van der Waals surface area contributed by atoms with Crippen molar-refractivity contribution in [1.82, 2.24) is 24.7 Å². The number of ether oxygens (including phenoxy) is 3. The van der Waals surface area contributed by atoms with Crippen molar-refractivity contribution < 1.29 is 103 Å². The number of esters is 2. The number of aromatic nitrogens is 5. The number of hydrogen-bond acceptors (Lipinski definition) is 18. The molecule has 4 aromatic carbocycles. The fraction of sp³-hybridized carbons (Fsp3) is 0.239. The molecular weight excluding hydrogens is 1140 g/mol. The van der Waals surface area contributed by atoms with Gasteiger partial charge in [0.05, 0.1) is 53.9 Å². The van der Waals surface area contributed by atoms with Crippen LogP contribution in [0.25, 0.3) is 4.72 Å². The molecule has 0 unspecified atom stereocenters. The number of alkyl halides is 3. The van der Waals surface area contributed by atoms with E-state index in [2.05, 4.69) is 40.0 Å². The van der Waals surface area contributed by atoms with Crippen LogP contribution < -0.4 is 39.6 Å². The van der Waals surface area contributed by atoms with E-state index in [1.54, 1.807) is 6.92 Å². The molecule has 7 rings (SSSR count). The van der Waals surface area contributed by atoms with Crippen LogP contribution in [0, 0.1) is 17.4 Å². The summed E-state index contributed by atoms with van der Waals surface area (Å²) >= 11 is 1.86. The third-order valence-corrected chi connectivity index (χ3v) is 13.2. The number of ketones is 1. The van der Waals surface area contributed by atoms with Crippen molar-refractivity contribution in [2.45, 2.75) is 48.8 Å². The van der Waals surface area contributed by atoms with Crippen LogP contribution in [0.15, 0.2) is 112 Å². The smallest absolute Gasteiger partial charge is 0.493 e. The van der Waals surface area contributed by atoms with Crippen LogP contribution in [0.2, 0.25) is 0 Å². The van der Waals surface area contributed by atoms with Crippen molar-refractivity contribution in [2.75, 3.05) is 32.4 Å². The van der Waals surface area contributed by atoms with Gasteiger partial charge in [0.25, 0.3) is 0 Å². The van der Waals surface area contributed by atoms with E-state index in [0.717, 1.165) is 29.0 Å². The van der Waals surface area contributed by atoms with Gasteiger partial charge in [-0.15, -0.1) is 0 Å². The number of halogens is 4. The minimum atomic E-state index is -4.76. The Balaban J connectivity index is 0.000000240. The van der Waals surface area contributed by atoms with E-state index in [-0.39, 0.29) is 64.2 Å². The summed E-state index contributed by atoms with van der Waals surface area (Å²) in [6.07, 6.45) is -3.69.